The van der Waals surface area contributed by atoms with E-state index in [1.807, 2.05) is 83.9 Å². The van der Waals surface area contributed by atoms with Crippen LogP contribution in [0.1, 0.15) is 42.5 Å². The van der Waals surface area contributed by atoms with Crippen LogP contribution in [0.5, 0.6) is 0 Å². The number of amides is 2. The molecule has 1 fully saturated rings. The normalized spacial score (nSPS) is 19.8. The second kappa shape index (κ2) is 7.44. The topological polar surface area (TPSA) is 76.3 Å². The summed E-state index contributed by atoms with van der Waals surface area (Å²) in [6.07, 6.45) is 3.72. The van der Waals surface area contributed by atoms with Gasteiger partial charge in [0.05, 0.1) is 24.1 Å². The van der Waals surface area contributed by atoms with Gasteiger partial charge in [-0.3, -0.25) is 9.59 Å². The second-order valence-corrected chi connectivity index (χ2v) is 7.33. The number of hydrogen-bond acceptors (Lipinski definition) is 4. The zero-order valence-corrected chi connectivity index (χ0v) is 17.7. The highest BCUT2D eigenvalue weighted by atomic mass is 16.2. The van der Waals surface area contributed by atoms with Crippen molar-refractivity contribution in [3.05, 3.63) is 65.7 Å². The average molecular weight is 406 g/mol. The molecule has 1 atom stereocenters. The molecule has 3 aromatic rings. The summed E-state index contributed by atoms with van der Waals surface area (Å²) in [5, 5.41) is 8.14. The van der Waals surface area contributed by atoms with Gasteiger partial charge in [0, 0.05) is 26.2 Å². The van der Waals surface area contributed by atoms with Crippen LogP contribution < -0.4 is 0 Å². The molecule has 4 heterocycles. The predicted molar refractivity (Wildman–Crippen MR) is 112 cm³/mol. The quantitative estimate of drug-likeness (QED) is 0.655. The van der Waals surface area contributed by atoms with E-state index in [4.69, 9.17) is 0 Å². The number of carbonyl (C=O) groups is 2. The number of rotatable bonds is 2. The highest BCUT2D eigenvalue weighted by molar-refractivity contribution is 5.96. The molecule has 0 aliphatic carbocycles. The Bertz CT molecular complexity index is 1090. The molecule has 1 aromatic carbocycles. The highest BCUT2D eigenvalue weighted by Crippen LogP contribution is 2.43. The van der Waals surface area contributed by atoms with Crippen molar-refractivity contribution in [3.8, 4) is 5.69 Å². The van der Waals surface area contributed by atoms with Crippen LogP contribution in [0.25, 0.3) is 5.69 Å². The fraction of sp³-hybridized carbons (Fsp3) is 0.364. The monoisotopic (exact) mass is 406 g/mol. The summed E-state index contributed by atoms with van der Waals surface area (Å²) in [5.74, 6) is -0.121. The first-order chi connectivity index (χ1) is 14.5. The van der Waals surface area contributed by atoms with E-state index in [0.717, 1.165) is 16.9 Å². The molecule has 2 aliphatic heterocycles. The van der Waals surface area contributed by atoms with Crippen molar-refractivity contribution in [2.24, 2.45) is 0 Å². The van der Waals surface area contributed by atoms with E-state index in [0.29, 0.717) is 25.3 Å². The molecule has 156 valence electrons. The van der Waals surface area contributed by atoms with Crippen molar-refractivity contribution in [3.63, 3.8) is 0 Å². The van der Waals surface area contributed by atoms with Crippen molar-refractivity contribution in [1.29, 1.82) is 0 Å². The van der Waals surface area contributed by atoms with Crippen molar-refractivity contribution in [2.75, 3.05) is 13.1 Å². The third-order valence-electron chi connectivity index (χ3n) is 5.67. The van der Waals surface area contributed by atoms with E-state index in [2.05, 4.69) is 10.3 Å². The molecule has 2 aliphatic rings. The van der Waals surface area contributed by atoms with E-state index in [-0.39, 0.29) is 11.8 Å². The van der Waals surface area contributed by atoms with Crippen molar-refractivity contribution >= 4 is 11.8 Å². The van der Waals surface area contributed by atoms with Gasteiger partial charge in [-0.2, -0.15) is 0 Å². The van der Waals surface area contributed by atoms with Gasteiger partial charge in [-0.15, -0.1) is 5.10 Å². The molecule has 2 aromatic heterocycles. The maximum absolute atomic E-state index is 13.4. The van der Waals surface area contributed by atoms with Gasteiger partial charge in [0.15, 0.2) is 5.66 Å². The van der Waals surface area contributed by atoms with Crippen molar-refractivity contribution in [1.82, 2.24) is 29.4 Å². The van der Waals surface area contributed by atoms with Crippen molar-refractivity contribution in [2.45, 2.75) is 39.9 Å². The van der Waals surface area contributed by atoms with E-state index in [1.54, 1.807) is 11.6 Å². The molecule has 0 spiro atoms. The van der Waals surface area contributed by atoms with E-state index in [9.17, 15) is 9.59 Å². The molecule has 1 saturated heterocycles. The molecule has 0 N–H and O–H groups in total. The highest BCUT2D eigenvalue weighted by Gasteiger charge is 2.55. The first-order valence-corrected chi connectivity index (χ1v) is 10.3. The van der Waals surface area contributed by atoms with Gasteiger partial charge in [0.1, 0.15) is 5.69 Å². The molecule has 8 nitrogen and oxygen atoms in total. The van der Waals surface area contributed by atoms with Crippen LogP contribution in [-0.2, 0) is 17.0 Å². The summed E-state index contributed by atoms with van der Waals surface area (Å²) in [4.78, 5) is 29.5. The fourth-order valence-electron chi connectivity index (χ4n) is 4.46. The lowest BCUT2D eigenvalue weighted by atomic mass is 9.94. The fourth-order valence-corrected chi connectivity index (χ4v) is 4.46. The van der Waals surface area contributed by atoms with Crippen LogP contribution in [0.2, 0.25) is 0 Å². The zero-order chi connectivity index (χ0) is 21.5. The van der Waals surface area contributed by atoms with E-state index in [1.165, 1.54) is 0 Å². The van der Waals surface area contributed by atoms with Gasteiger partial charge in [-0.25, -0.2) is 4.68 Å². The summed E-state index contributed by atoms with van der Waals surface area (Å²) in [7, 11) is 0. The van der Waals surface area contributed by atoms with Crippen LogP contribution in [0.4, 0.5) is 0 Å². The minimum atomic E-state index is -0.814. The van der Waals surface area contributed by atoms with Gasteiger partial charge in [-0.05, 0) is 18.6 Å². The summed E-state index contributed by atoms with van der Waals surface area (Å²) in [6, 6.07) is 11.6. The Labute approximate surface area is 175 Å². The Morgan fingerprint density at radius 1 is 1.10 bits per heavy atom. The summed E-state index contributed by atoms with van der Waals surface area (Å²) >= 11 is 0. The minimum absolute atomic E-state index is 0.0399. The third-order valence-corrected chi connectivity index (χ3v) is 5.67. The average Bonchev–Trinajstić information content (AvgIpc) is 3.47. The molecule has 1 unspecified atom stereocenters. The molecule has 0 saturated carbocycles. The second-order valence-electron chi connectivity index (χ2n) is 7.33. The number of carbonyl (C=O) groups excluding carboxylic acids is 2. The molecule has 0 radical (unpaired) electrons. The molecular weight excluding hydrogens is 380 g/mol. The first-order valence-electron chi connectivity index (χ1n) is 10.3. The van der Waals surface area contributed by atoms with Gasteiger partial charge >= 0.3 is 0 Å². The van der Waals surface area contributed by atoms with Crippen LogP contribution in [0, 0.1) is 6.92 Å². The Morgan fingerprint density at radius 2 is 1.83 bits per heavy atom. The number of fused-ring (bicyclic) bond motifs is 2. The Kier molecular flexibility index (Phi) is 4.93. The SMILES string of the molecule is CC.CC(=O)N1CCN2C(=O)c3cc(-n4cc(C)nn4)cn3CC12c1ccccc1. The zero-order valence-electron chi connectivity index (χ0n) is 17.7. The molecule has 30 heavy (non-hydrogen) atoms. The van der Waals surface area contributed by atoms with Crippen LogP contribution in [-0.4, -0.2) is 54.3 Å². The van der Waals surface area contributed by atoms with Gasteiger partial charge < -0.3 is 14.4 Å². The Balaban J connectivity index is 0.00000106. The van der Waals surface area contributed by atoms with Crippen molar-refractivity contribution < 1.29 is 9.59 Å². The number of benzene rings is 1. The molecule has 8 heteroatoms. The smallest absolute Gasteiger partial charge is 0.272 e. The number of aryl methyl sites for hydroxylation is 1. The number of hydrogen-bond donors (Lipinski definition) is 0. The van der Waals surface area contributed by atoms with E-state index < -0.39 is 5.66 Å². The third kappa shape index (κ3) is 2.82. The lowest BCUT2D eigenvalue weighted by molar-refractivity contribution is -0.138. The summed E-state index contributed by atoms with van der Waals surface area (Å²) in [5.41, 5.74) is 2.31. The van der Waals surface area contributed by atoms with Gasteiger partial charge in [-0.1, -0.05) is 49.4 Å². The minimum Gasteiger partial charge on any atom is -0.337 e. The lowest BCUT2D eigenvalue weighted by Gasteiger charge is -2.47. The summed E-state index contributed by atoms with van der Waals surface area (Å²) in [6.45, 7) is 8.95. The van der Waals surface area contributed by atoms with Gasteiger partial charge in [0.25, 0.3) is 5.91 Å². The standard InChI is InChI=1S/C20H20N6O2.C2H6/c1-14-11-26(22-21-14)17-10-18-19(28)25-9-8-24(15(2)27)20(25,13-23(18)12-17)16-6-4-3-5-7-16;1-2/h3-7,10-12H,8-9,13H2,1-2H3;1-2H3. The number of nitrogens with zero attached hydrogens (tertiary/aromatic N) is 6. The van der Waals surface area contributed by atoms with Crippen LogP contribution in [0.15, 0.2) is 48.8 Å². The Hall–Kier alpha value is -3.42. The van der Waals surface area contributed by atoms with Crippen LogP contribution >= 0.6 is 0 Å². The van der Waals surface area contributed by atoms with Crippen LogP contribution in [0.3, 0.4) is 0 Å². The maximum atomic E-state index is 13.4. The molecule has 2 amide bonds. The molecule has 5 rings (SSSR count). The summed E-state index contributed by atoms with van der Waals surface area (Å²) < 4.78 is 3.59. The van der Waals surface area contributed by atoms with E-state index >= 15 is 0 Å². The Morgan fingerprint density at radius 3 is 2.47 bits per heavy atom. The molecular formula is C22H26N6O2. The van der Waals surface area contributed by atoms with Gasteiger partial charge in [0.2, 0.25) is 5.91 Å². The molecule has 0 bridgehead atoms. The lowest BCUT2D eigenvalue weighted by Crippen LogP contribution is -2.59. The number of aromatic nitrogens is 4. The predicted octanol–water partition coefficient (Wildman–Crippen LogP) is 2.57. The largest absolute Gasteiger partial charge is 0.337 e. The first kappa shape index (κ1) is 19.9. The maximum Gasteiger partial charge on any atom is 0.272 e.